The molecule has 4 aromatic carbocycles. The molecule has 330 valence electrons. The Kier molecular flexibility index (Phi) is 12.5. The van der Waals surface area contributed by atoms with Crippen molar-refractivity contribution in [2.45, 2.75) is 98.2 Å². The van der Waals surface area contributed by atoms with Crippen molar-refractivity contribution < 1.29 is 58.8 Å². The van der Waals surface area contributed by atoms with Gasteiger partial charge in [-0.2, -0.15) is 0 Å². The molecule has 0 saturated carbocycles. The molecule has 0 spiro atoms. The Morgan fingerprint density at radius 3 is 1.35 bits per heavy atom. The third-order valence-electron chi connectivity index (χ3n) is 11.2. The number of phenols is 6. The lowest BCUT2D eigenvalue weighted by molar-refractivity contribution is -0.103. The summed E-state index contributed by atoms with van der Waals surface area (Å²) in [6.07, 6.45) is 4.30. The van der Waals surface area contributed by atoms with E-state index < -0.39 is 45.1 Å². The zero-order chi connectivity index (χ0) is 45.6. The van der Waals surface area contributed by atoms with Crippen molar-refractivity contribution >= 4 is 43.9 Å². The van der Waals surface area contributed by atoms with E-state index >= 15 is 0 Å². The number of aryl methyl sites for hydroxylation is 2. The van der Waals surface area contributed by atoms with Gasteiger partial charge in [-0.05, 0) is 87.0 Å². The van der Waals surface area contributed by atoms with Crippen molar-refractivity contribution in [1.82, 2.24) is 0 Å². The van der Waals surface area contributed by atoms with Gasteiger partial charge in [0.25, 0.3) is 0 Å². The largest absolute Gasteiger partial charge is 0.507 e. The average Bonchev–Trinajstić information content (AvgIpc) is 3.19. The lowest BCUT2D eigenvalue weighted by Gasteiger charge is -2.31. The summed E-state index contributed by atoms with van der Waals surface area (Å²) in [5, 5.41) is 77.4. The fourth-order valence-corrected chi connectivity index (χ4v) is 7.62. The average molecular weight is 855 g/mol. The maximum Gasteiger partial charge on any atom is 0.204 e. The van der Waals surface area contributed by atoms with Crippen molar-refractivity contribution in [2.24, 2.45) is 0 Å². The fourth-order valence-electron chi connectivity index (χ4n) is 7.62. The molecule has 1 atom stereocenters. The van der Waals surface area contributed by atoms with Crippen LogP contribution in [0.25, 0.3) is 43.9 Å². The zero-order valence-electron chi connectivity index (χ0n) is 36.4. The first-order valence-corrected chi connectivity index (χ1v) is 20.2. The van der Waals surface area contributed by atoms with Crippen LogP contribution in [-0.2, 0) is 30.4 Å². The SMILES string of the molecule is COc1cc2oc3cc(O)c(O)c(CCC(C)(O)COC(C)(C)CCc4c(O)c(O)cc5oc6cc(OC)c(CC=C(C)C)c(O)c6c(=O)c45)c3c(=O)c2c(O)c1CC=C(C)C. The zero-order valence-corrected chi connectivity index (χ0v) is 36.4. The summed E-state index contributed by atoms with van der Waals surface area (Å²) >= 11 is 0. The maximum absolute atomic E-state index is 14.2. The lowest BCUT2D eigenvalue weighted by atomic mass is 9.92. The second-order valence-electron chi connectivity index (χ2n) is 17.1. The fraction of sp³-hybridized carbons (Fsp3) is 0.375. The van der Waals surface area contributed by atoms with Crippen molar-refractivity contribution in [3.05, 3.63) is 90.3 Å². The number of aromatic hydroxyl groups is 6. The predicted molar refractivity (Wildman–Crippen MR) is 237 cm³/mol. The predicted octanol–water partition coefficient (Wildman–Crippen LogP) is 8.59. The summed E-state index contributed by atoms with van der Waals surface area (Å²) in [6.45, 7) is 12.4. The highest BCUT2D eigenvalue weighted by Gasteiger charge is 2.31. The minimum Gasteiger partial charge on any atom is -0.507 e. The van der Waals surface area contributed by atoms with Crippen LogP contribution in [0.3, 0.4) is 0 Å². The molecule has 1 unspecified atom stereocenters. The van der Waals surface area contributed by atoms with Crippen molar-refractivity contribution in [1.29, 1.82) is 0 Å². The van der Waals surface area contributed by atoms with Crippen LogP contribution in [0, 0.1) is 0 Å². The Hall–Kier alpha value is -6.38. The number of methoxy groups -OCH3 is 2. The van der Waals surface area contributed by atoms with Crippen LogP contribution in [0.1, 0.15) is 83.6 Å². The number of aliphatic hydroxyl groups is 1. The molecule has 14 nitrogen and oxygen atoms in total. The van der Waals surface area contributed by atoms with Crippen LogP contribution >= 0.6 is 0 Å². The molecule has 0 saturated heterocycles. The third kappa shape index (κ3) is 8.70. The second-order valence-corrected chi connectivity index (χ2v) is 17.1. The van der Waals surface area contributed by atoms with Gasteiger partial charge in [-0.25, -0.2) is 0 Å². The summed E-state index contributed by atoms with van der Waals surface area (Å²) in [7, 11) is 2.87. The Labute approximate surface area is 357 Å². The molecule has 2 aromatic heterocycles. The molecule has 14 heteroatoms. The van der Waals surface area contributed by atoms with Gasteiger partial charge in [0.05, 0.1) is 42.8 Å². The summed E-state index contributed by atoms with van der Waals surface area (Å²) in [4.78, 5) is 28.3. The van der Waals surface area contributed by atoms with Gasteiger partial charge >= 0.3 is 0 Å². The molecule has 0 aliphatic carbocycles. The first-order valence-electron chi connectivity index (χ1n) is 20.2. The van der Waals surface area contributed by atoms with Crippen LogP contribution in [0.4, 0.5) is 0 Å². The van der Waals surface area contributed by atoms with E-state index in [9.17, 15) is 45.3 Å². The van der Waals surface area contributed by atoms with Gasteiger partial charge in [-0.15, -0.1) is 0 Å². The molecule has 6 rings (SSSR count). The van der Waals surface area contributed by atoms with Crippen LogP contribution in [0.2, 0.25) is 0 Å². The molecule has 0 aliphatic rings. The molecule has 2 heterocycles. The summed E-state index contributed by atoms with van der Waals surface area (Å²) < 4.78 is 29.2. The third-order valence-corrected chi connectivity index (χ3v) is 11.2. The molecule has 6 aromatic rings. The second kappa shape index (κ2) is 17.2. The highest BCUT2D eigenvalue weighted by Crippen LogP contribution is 2.43. The van der Waals surface area contributed by atoms with Crippen LogP contribution in [0.15, 0.2) is 66.0 Å². The van der Waals surface area contributed by atoms with E-state index in [1.807, 2.05) is 39.8 Å². The monoisotopic (exact) mass is 854 g/mol. The van der Waals surface area contributed by atoms with E-state index in [-0.39, 0.29) is 112 Å². The van der Waals surface area contributed by atoms with Gasteiger partial charge in [-0.1, -0.05) is 23.3 Å². The van der Waals surface area contributed by atoms with Gasteiger partial charge in [0, 0.05) is 46.5 Å². The highest BCUT2D eigenvalue weighted by molar-refractivity contribution is 5.99. The maximum atomic E-state index is 14.2. The van der Waals surface area contributed by atoms with Crippen LogP contribution in [-0.4, -0.2) is 67.8 Å². The molecule has 0 aliphatic heterocycles. The van der Waals surface area contributed by atoms with Crippen molar-refractivity contribution in [3.8, 4) is 46.0 Å². The molecule has 0 fully saturated rings. The Bertz CT molecular complexity index is 2720. The van der Waals surface area contributed by atoms with E-state index in [0.717, 1.165) is 23.3 Å². The number of rotatable bonds is 15. The first kappa shape index (κ1) is 45.2. The minimum absolute atomic E-state index is 0.00221. The number of allylic oxidation sites excluding steroid dienone is 4. The van der Waals surface area contributed by atoms with Gasteiger partial charge in [0.1, 0.15) is 56.1 Å². The highest BCUT2D eigenvalue weighted by atomic mass is 16.5. The Morgan fingerprint density at radius 2 is 0.968 bits per heavy atom. The van der Waals surface area contributed by atoms with E-state index in [1.54, 1.807) is 13.8 Å². The minimum atomic E-state index is -1.56. The van der Waals surface area contributed by atoms with Gasteiger partial charge < -0.3 is 58.8 Å². The van der Waals surface area contributed by atoms with Crippen LogP contribution in [0.5, 0.6) is 46.0 Å². The van der Waals surface area contributed by atoms with E-state index in [0.29, 0.717) is 22.6 Å². The molecule has 0 bridgehead atoms. The normalized spacial score (nSPS) is 12.9. The first-order chi connectivity index (χ1) is 29.1. The van der Waals surface area contributed by atoms with E-state index in [4.69, 9.17) is 23.0 Å². The van der Waals surface area contributed by atoms with Crippen molar-refractivity contribution in [3.63, 3.8) is 0 Å². The van der Waals surface area contributed by atoms with E-state index in [2.05, 4.69) is 0 Å². The molecule has 62 heavy (non-hydrogen) atoms. The van der Waals surface area contributed by atoms with E-state index in [1.165, 1.54) is 33.3 Å². The van der Waals surface area contributed by atoms with Gasteiger partial charge in [0.15, 0.2) is 23.0 Å². The standard InChI is InChI=1S/C48H54O14/c1-23(2)10-12-25-31(58-8)20-35-39(43(25)53)45(55)37-27(41(51)29(49)18-33(37)61-35)14-16-47(5,6)60-22-48(7,57)17-15-28-38-34(19-30(50)42(28)52)62-36-21-32(59-9)26(13-11-24(3)4)44(54)40(36)46(38)56/h10-11,18-21,49-54,57H,12-17,22H2,1-9H3. The van der Waals surface area contributed by atoms with Crippen LogP contribution < -0.4 is 20.3 Å². The van der Waals surface area contributed by atoms with Gasteiger partial charge in [0.2, 0.25) is 10.9 Å². The molecular weight excluding hydrogens is 801 g/mol. The molecule has 0 radical (unpaired) electrons. The van der Waals surface area contributed by atoms with Gasteiger partial charge in [-0.3, -0.25) is 9.59 Å². The number of hydrogen-bond donors (Lipinski definition) is 7. The van der Waals surface area contributed by atoms with Crippen molar-refractivity contribution in [2.75, 3.05) is 20.8 Å². The topological polar surface area (TPSA) is 230 Å². The number of phenolic OH excluding ortho intramolecular Hbond substituents is 6. The lowest BCUT2D eigenvalue weighted by Crippen LogP contribution is -2.37. The number of hydrogen-bond acceptors (Lipinski definition) is 14. The number of fused-ring (bicyclic) bond motifs is 4. The quantitative estimate of drug-likeness (QED) is 0.0292. The Morgan fingerprint density at radius 1 is 0.581 bits per heavy atom. The number of ether oxygens (including phenoxy) is 3. The molecule has 0 amide bonds. The summed E-state index contributed by atoms with van der Waals surface area (Å²) in [6, 6.07) is 5.24. The molecule has 7 N–H and O–H groups in total. The number of benzene rings is 4. The Balaban J connectivity index is 1.27. The summed E-state index contributed by atoms with van der Waals surface area (Å²) in [5.41, 5.74) is -1.04. The molecular formula is C48H54O14. The summed E-state index contributed by atoms with van der Waals surface area (Å²) in [5.74, 6) is -2.22. The smallest absolute Gasteiger partial charge is 0.204 e.